The van der Waals surface area contributed by atoms with Crippen molar-refractivity contribution >= 4 is 23.2 Å². The SMILES string of the molecule is CC(C)c1ccc(O)c2c1C[C@@H]1C[C@@H]3[C@@H](N(C)C)C(=O)C(C(=O)NC(C)(C)C)=C(O)[C@]3(O)C(=O)C1=C2O. The highest BCUT2D eigenvalue weighted by atomic mass is 16.3. The maximum Gasteiger partial charge on any atom is 0.258 e. The molecule has 0 saturated heterocycles. The molecule has 4 atom stereocenters. The van der Waals surface area contributed by atoms with Crippen molar-refractivity contribution in [2.45, 2.75) is 70.6 Å². The van der Waals surface area contributed by atoms with Gasteiger partial charge in [-0.2, -0.15) is 0 Å². The van der Waals surface area contributed by atoms with Crippen LogP contribution in [0.25, 0.3) is 5.76 Å². The Balaban J connectivity index is 1.96. The minimum atomic E-state index is -2.60. The number of likely N-dealkylation sites (N-methyl/N-ethyl adjacent to an activating group) is 1. The van der Waals surface area contributed by atoms with E-state index in [1.807, 2.05) is 13.8 Å². The normalized spacial score (nSPS) is 27.9. The topological polar surface area (TPSA) is 147 Å². The predicted molar refractivity (Wildman–Crippen MR) is 137 cm³/mol. The van der Waals surface area contributed by atoms with E-state index < -0.39 is 63.6 Å². The number of rotatable bonds is 3. The first-order chi connectivity index (χ1) is 17.0. The molecule has 5 N–H and O–H groups in total. The Morgan fingerprint density at radius 1 is 1.14 bits per heavy atom. The molecular formula is C28H36N2O7. The summed E-state index contributed by atoms with van der Waals surface area (Å²) in [7, 11) is 3.23. The highest BCUT2D eigenvalue weighted by Gasteiger charge is 2.64. The Labute approximate surface area is 216 Å². The van der Waals surface area contributed by atoms with Crippen LogP contribution in [-0.2, 0) is 20.8 Å². The molecule has 3 aliphatic rings. The summed E-state index contributed by atoms with van der Waals surface area (Å²) in [5, 5.41) is 47.6. The number of hydrogen-bond donors (Lipinski definition) is 5. The Morgan fingerprint density at radius 2 is 1.76 bits per heavy atom. The molecule has 0 aliphatic heterocycles. The number of aromatic hydroxyl groups is 1. The molecule has 9 nitrogen and oxygen atoms in total. The van der Waals surface area contributed by atoms with Crippen molar-refractivity contribution in [1.82, 2.24) is 10.2 Å². The molecule has 0 heterocycles. The summed E-state index contributed by atoms with van der Waals surface area (Å²) in [6.45, 7) is 9.08. The Hall–Kier alpha value is -3.17. The maximum absolute atomic E-state index is 14.0. The van der Waals surface area contributed by atoms with Crippen molar-refractivity contribution in [2.24, 2.45) is 11.8 Å². The van der Waals surface area contributed by atoms with Gasteiger partial charge in [-0.1, -0.05) is 19.9 Å². The van der Waals surface area contributed by atoms with Crippen LogP contribution in [0.5, 0.6) is 5.75 Å². The molecule has 0 unspecified atom stereocenters. The number of Topliss-reactive ketones (excluding diaryl/α,β-unsaturated/α-hetero) is 2. The number of phenolic OH excluding ortho intramolecular Hbond substituents is 1. The second kappa shape index (κ2) is 8.70. The van der Waals surface area contributed by atoms with Crippen molar-refractivity contribution in [3.05, 3.63) is 45.7 Å². The number of carbonyl (C=O) groups excluding carboxylic acids is 3. The van der Waals surface area contributed by atoms with E-state index in [1.165, 1.54) is 6.07 Å². The number of fused-ring (bicyclic) bond motifs is 3. The number of benzene rings is 1. The molecule has 1 saturated carbocycles. The van der Waals surface area contributed by atoms with Crippen molar-refractivity contribution in [1.29, 1.82) is 0 Å². The van der Waals surface area contributed by atoms with E-state index in [-0.39, 0.29) is 29.2 Å². The van der Waals surface area contributed by atoms with Gasteiger partial charge in [0.05, 0.1) is 11.6 Å². The largest absolute Gasteiger partial charge is 0.508 e. The Bertz CT molecular complexity index is 1270. The molecule has 4 rings (SSSR count). The van der Waals surface area contributed by atoms with Crippen LogP contribution in [0.3, 0.4) is 0 Å². The van der Waals surface area contributed by atoms with E-state index in [2.05, 4.69) is 5.32 Å². The molecule has 1 aromatic carbocycles. The fraction of sp³-hybridized carbons (Fsp3) is 0.536. The van der Waals surface area contributed by atoms with E-state index in [1.54, 1.807) is 45.8 Å². The molecule has 1 fully saturated rings. The minimum Gasteiger partial charge on any atom is -0.508 e. The average molecular weight is 513 g/mol. The fourth-order valence-corrected chi connectivity index (χ4v) is 6.19. The van der Waals surface area contributed by atoms with Crippen LogP contribution in [-0.4, -0.2) is 74.1 Å². The first kappa shape index (κ1) is 26.9. The lowest BCUT2D eigenvalue weighted by Gasteiger charge is -2.50. The van der Waals surface area contributed by atoms with Crippen LogP contribution in [0.2, 0.25) is 0 Å². The van der Waals surface area contributed by atoms with E-state index >= 15 is 0 Å². The molecule has 3 aliphatic carbocycles. The summed E-state index contributed by atoms with van der Waals surface area (Å²) < 4.78 is 0. The number of aliphatic hydroxyl groups excluding tert-OH is 2. The van der Waals surface area contributed by atoms with Crippen LogP contribution >= 0.6 is 0 Å². The minimum absolute atomic E-state index is 0.0848. The number of nitrogens with zero attached hydrogens (tertiary/aromatic N) is 1. The zero-order chi connectivity index (χ0) is 27.8. The molecule has 0 spiro atoms. The van der Waals surface area contributed by atoms with E-state index in [0.717, 1.165) is 5.56 Å². The maximum atomic E-state index is 14.0. The van der Waals surface area contributed by atoms with Gasteiger partial charge in [0, 0.05) is 17.0 Å². The number of aliphatic hydroxyl groups is 3. The second-order valence-corrected chi connectivity index (χ2v) is 12.0. The van der Waals surface area contributed by atoms with Gasteiger partial charge in [-0.3, -0.25) is 19.3 Å². The monoisotopic (exact) mass is 512 g/mol. The third-order valence-electron chi connectivity index (χ3n) is 7.73. The third-order valence-corrected chi connectivity index (χ3v) is 7.73. The van der Waals surface area contributed by atoms with Crippen LogP contribution in [0.15, 0.2) is 29.0 Å². The quantitative estimate of drug-likeness (QED) is 0.388. The van der Waals surface area contributed by atoms with Crippen molar-refractivity contribution in [2.75, 3.05) is 14.1 Å². The van der Waals surface area contributed by atoms with Gasteiger partial charge in [-0.15, -0.1) is 0 Å². The smallest absolute Gasteiger partial charge is 0.258 e. The van der Waals surface area contributed by atoms with E-state index in [9.17, 15) is 34.8 Å². The van der Waals surface area contributed by atoms with Crippen molar-refractivity contribution in [3.8, 4) is 5.75 Å². The van der Waals surface area contributed by atoms with Gasteiger partial charge in [0.15, 0.2) is 11.4 Å². The zero-order valence-electron chi connectivity index (χ0n) is 22.3. The number of hydrogen-bond acceptors (Lipinski definition) is 8. The Morgan fingerprint density at radius 3 is 2.30 bits per heavy atom. The lowest BCUT2D eigenvalue weighted by molar-refractivity contribution is -0.153. The molecule has 1 amide bonds. The number of carbonyl (C=O) groups is 3. The highest BCUT2D eigenvalue weighted by Crippen LogP contribution is 2.53. The number of ketones is 2. The van der Waals surface area contributed by atoms with Gasteiger partial charge in [0.25, 0.3) is 5.91 Å². The summed E-state index contributed by atoms with van der Waals surface area (Å²) in [6, 6.07) is 2.19. The summed E-state index contributed by atoms with van der Waals surface area (Å²) in [5.41, 5.74) is -2.36. The number of amides is 1. The van der Waals surface area contributed by atoms with E-state index in [0.29, 0.717) is 12.0 Å². The molecule has 37 heavy (non-hydrogen) atoms. The van der Waals surface area contributed by atoms with Crippen molar-refractivity contribution < 1.29 is 34.8 Å². The standard InChI is InChI=1S/C28H36N2O7/c1-12(2)14-8-9-17(31)19-15(14)10-13-11-16-21(30(6)7)23(33)20(26(36)29-27(3,4)5)25(35)28(16,37)24(34)18(13)22(19)32/h8-9,12-13,16,21,31-32,35,37H,10-11H2,1-7H3,(H,29,36)/t13-,16-,21-,28-/m1/s1. The first-order valence-corrected chi connectivity index (χ1v) is 12.5. The summed E-state index contributed by atoms with van der Waals surface area (Å²) >= 11 is 0. The molecule has 9 heteroatoms. The number of phenols is 1. The summed E-state index contributed by atoms with van der Waals surface area (Å²) in [6.07, 6.45) is 0.409. The van der Waals surface area contributed by atoms with Crippen LogP contribution in [0.1, 0.15) is 63.6 Å². The van der Waals surface area contributed by atoms with Gasteiger partial charge in [0.1, 0.15) is 22.8 Å². The zero-order valence-corrected chi connectivity index (χ0v) is 22.3. The lowest BCUT2D eigenvalue weighted by atomic mass is 9.57. The summed E-state index contributed by atoms with van der Waals surface area (Å²) in [5.74, 6) is -5.72. The van der Waals surface area contributed by atoms with Crippen LogP contribution in [0.4, 0.5) is 0 Å². The van der Waals surface area contributed by atoms with E-state index in [4.69, 9.17) is 0 Å². The predicted octanol–water partition coefficient (Wildman–Crippen LogP) is 2.52. The molecule has 200 valence electrons. The van der Waals surface area contributed by atoms with Gasteiger partial charge in [0.2, 0.25) is 5.78 Å². The highest BCUT2D eigenvalue weighted by molar-refractivity contribution is 6.25. The van der Waals surface area contributed by atoms with Gasteiger partial charge in [-0.25, -0.2) is 0 Å². The first-order valence-electron chi connectivity index (χ1n) is 12.5. The van der Waals surface area contributed by atoms with Crippen LogP contribution in [0, 0.1) is 11.8 Å². The third kappa shape index (κ3) is 3.95. The molecule has 0 bridgehead atoms. The molecular weight excluding hydrogens is 476 g/mol. The second-order valence-electron chi connectivity index (χ2n) is 12.0. The molecule has 0 radical (unpaired) electrons. The lowest BCUT2D eigenvalue weighted by Crippen LogP contribution is -2.66. The molecule has 1 aromatic rings. The Kier molecular flexibility index (Phi) is 6.32. The summed E-state index contributed by atoms with van der Waals surface area (Å²) in [4.78, 5) is 42.2. The number of nitrogens with one attached hydrogen (secondary N) is 1. The van der Waals surface area contributed by atoms with Gasteiger partial charge >= 0.3 is 0 Å². The average Bonchev–Trinajstić information content (AvgIpc) is 2.74. The van der Waals surface area contributed by atoms with Crippen molar-refractivity contribution in [3.63, 3.8) is 0 Å². The van der Waals surface area contributed by atoms with Gasteiger partial charge < -0.3 is 25.7 Å². The molecule has 0 aromatic heterocycles. The van der Waals surface area contributed by atoms with Crippen LogP contribution < -0.4 is 5.32 Å². The fourth-order valence-electron chi connectivity index (χ4n) is 6.19. The van der Waals surface area contributed by atoms with Gasteiger partial charge in [-0.05, 0) is 76.7 Å².